The SMILES string of the molecule is N#Cc1cc(C(=O)O)cc(=S)[nH]1. The van der Waals surface area contributed by atoms with Crippen molar-refractivity contribution in [2.75, 3.05) is 0 Å². The number of carboxylic acid groups (broad SMARTS) is 1. The minimum absolute atomic E-state index is 0.0234. The summed E-state index contributed by atoms with van der Waals surface area (Å²) in [5, 5.41) is 17.0. The number of H-pyrrole nitrogens is 1. The Labute approximate surface area is 73.1 Å². The van der Waals surface area contributed by atoms with Crippen molar-refractivity contribution in [1.29, 1.82) is 5.26 Å². The fourth-order valence-electron chi connectivity index (χ4n) is 0.727. The van der Waals surface area contributed by atoms with Crippen LogP contribution in [0.1, 0.15) is 16.1 Å². The molecule has 0 amide bonds. The summed E-state index contributed by atoms with van der Waals surface area (Å²) >= 11 is 4.70. The molecular weight excluding hydrogens is 176 g/mol. The van der Waals surface area contributed by atoms with Gasteiger partial charge < -0.3 is 10.1 Å². The Morgan fingerprint density at radius 2 is 2.33 bits per heavy atom. The normalized spacial score (nSPS) is 8.92. The molecule has 0 spiro atoms. The fraction of sp³-hybridized carbons (Fsp3) is 0. The van der Waals surface area contributed by atoms with Crippen molar-refractivity contribution in [3.8, 4) is 6.07 Å². The molecule has 0 atom stereocenters. The third-order valence-electron chi connectivity index (χ3n) is 1.21. The van der Waals surface area contributed by atoms with E-state index in [0.29, 0.717) is 0 Å². The van der Waals surface area contributed by atoms with Crippen LogP contribution in [0.4, 0.5) is 0 Å². The molecule has 0 fully saturated rings. The molecule has 0 aliphatic carbocycles. The molecule has 0 unspecified atom stereocenters. The zero-order valence-electron chi connectivity index (χ0n) is 5.87. The maximum Gasteiger partial charge on any atom is 0.335 e. The van der Waals surface area contributed by atoms with Gasteiger partial charge in [-0.15, -0.1) is 0 Å². The first kappa shape index (κ1) is 8.43. The second-order valence-electron chi connectivity index (χ2n) is 2.06. The van der Waals surface area contributed by atoms with Gasteiger partial charge in [0.15, 0.2) is 0 Å². The molecule has 4 nitrogen and oxygen atoms in total. The van der Waals surface area contributed by atoms with Crippen LogP contribution in [-0.2, 0) is 0 Å². The Balaban J connectivity index is 3.36. The fourth-order valence-corrected chi connectivity index (χ4v) is 0.964. The summed E-state index contributed by atoms with van der Waals surface area (Å²) in [7, 11) is 0. The summed E-state index contributed by atoms with van der Waals surface area (Å²) < 4.78 is 0.242. The molecule has 60 valence electrons. The van der Waals surface area contributed by atoms with Crippen LogP contribution in [0.25, 0.3) is 0 Å². The van der Waals surface area contributed by atoms with Gasteiger partial charge in [-0.1, -0.05) is 12.2 Å². The smallest absolute Gasteiger partial charge is 0.335 e. The zero-order chi connectivity index (χ0) is 9.14. The van der Waals surface area contributed by atoms with E-state index in [1.165, 1.54) is 12.1 Å². The van der Waals surface area contributed by atoms with Gasteiger partial charge in [-0.05, 0) is 12.1 Å². The highest BCUT2D eigenvalue weighted by Crippen LogP contribution is 2.01. The Bertz CT molecular complexity index is 416. The number of carbonyl (C=O) groups is 1. The first-order chi connectivity index (χ1) is 5.63. The van der Waals surface area contributed by atoms with Gasteiger partial charge in [0.2, 0.25) is 0 Å². The van der Waals surface area contributed by atoms with Gasteiger partial charge >= 0.3 is 5.97 Å². The highest BCUT2D eigenvalue weighted by Gasteiger charge is 2.03. The van der Waals surface area contributed by atoms with Crippen LogP contribution in [0.2, 0.25) is 0 Å². The maximum atomic E-state index is 10.5. The van der Waals surface area contributed by atoms with Crippen molar-refractivity contribution in [1.82, 2.24) is 4.98 Å². The van der Waals surface area contributed by atoms with Crippen LogP contribution in [0, 0.1) is 16.0 Å². The molecule has 5 heteroatoms. The molecule has 0 aliphatic rings. The van der Waals surface area contributed by atoms with Crippen molar-refractivity contribution in [3.63, 3.8) is 0 Å². The number of nitriles is 1. The molecule has 1 aromatic heterocycles. The topological polar surface area (TPSA) is 76.9 Å². The lowest BCUT2D eigenvalue weighted by molar-refractivity contribution is 0.0696. The highest BCUT2D eigenvalue weighted by molar-refractivity contribution is 7.71. The first-order valence-electron chi connectivity index (χ1n) is 3.01. The van der Waals surface area contributed by atoms with Crippen LogP contribution >= 0.6 is 12.2 Å². The van der Waals surface area contributed by atoms with Crippen LogP contribution in [-0.4, -0.2) is 16.1 Å². The Morgan fingerprint density at radius 1 is 1.67 bits per heavy atom. The summed E-state index contributed by atoms with van der Waals surface area (Å²) in [6.45, 7) is 0. The van der Waals surface area contributed by atoms with Gasteiger partial charge in [0, 0.05) is 0 Å². The summed E-state index contributed by atoms with van der Waals surface area (Å²) in [4.78, 5) is 13.0. The van der Waals surface area contributed by atoms with E-state index < -0.39 is 5.97 Å². The largest absolute Gasteiger partial charge is 0.478 e. The van der Waals surface area contributed by atoms with E-state index in [2.05, 4.69) is 4.98 Å². The second-order valence-corrected chi connectivity index (χ2v) is 2.50. The Hall–Kier alpha value is -1.67. The predicted octanol–water partition coefficient (Wildman–Crippen LogP) is 1.31. The van der Waals surface area contributed by atoms with Gasteiger partial charge in [-0.2, -0.15) is 5.26 Å². The molecule has 0 bridgehead atoms. The van der Waals surface area contributed by atoms with E-state index in [9.17, 15) is 4.79 Å². The number of nitrogens with zero attached hydrogens (tertiary/aromatic N) is 1. The number of hydrogen-bond donors (Lipinski definition) is 2. The van der Waals surface area contributed by atoms with E-state index in [4.69, 9.17) is 22.6 Å². The molecule has 0 aliphatic heterocycles. The first-order valence-corrected chi connectivity index (χ1v) is 3.42. The maximum absolute atomic E-state index is 10.5. The standard InChI is InChI=1S/C7H4N2O2S/c8-3-5-1-4(7(10)11)2-6(12)9-5/h1-2H,(H,9,12)(H,10,11). The second kappa shape index (κ2) is 3.15. The molecule has 0 saturated carbocycles. The summed E-state index contributed by atoms with van der Waals surface area (Å²) in [6.07, 6.45) is 0. The molecule has 1 rings (SSSR count). The van der Waals surface area contributed by atoms with Crippen LogP contribution < -0.4 is 0 Å². The minimum atomic E-state index is -1.09. The van der Waals surface area contributed by atoms with Crippen molar-refractivity contribution < 1.29 is 9.90 Å². The molecular formula is C7H4N2O2S. The van der Waals surface area contributed by atoms with Gasteiger partial charge in [-0.3, -0.25) is 0 Å². The average molecular weight is 180 g/mol. The van der Waals surface area contributed by atoms with Crippen LogP contribution in [0.5, 0.6) is 0 Å². The minimum Gasteiger partial charge on any atom is -0.478 e. The number of pyridine rings is 1. The van der Waals surface area contributed by atoms with E-state index in [1.807, 2.05) is 0 Å². The van der Waals surface area contributed by atoms with Crippen molar-refractivity contribution in [2.45, 2.75) is 0 Å². The van der Waals surface area contributed by atoms with Crippen molar-refractivity contribution in [2.24, 2.45) is 0 Å². The molecule has 12 heavy (non-hydrogen) atoms. The van der Waals surface area contributed by atoms with Gasteiger partial charge in [0.1, 0.15) is 16.4 Å². The summed E-state index contributed by atoms with van der Waals surface area (Å²) in [6, 6.07) is 4.30. The third kappa shape index (κ3) is 1.68. The van der Waals surface area contributed by atoms with Crippen LogP contribution in [0.3, 0.4) is 0 Å². The van der Waals surface area contributed by atoms with E-state index in [1.54, 1.807) is 6.07 Å². The number of carboxylic acids is 1. The highest BCUT2D eigenvalue weighted by atomic mass is 32.1. The quantitative estimate of drug-likeness (QED) is 0.639. The van der Waals surface area contributed by atoms with Crippen LogP contribution in [0.15, 0.2) is 12.1 Å². The summed E-state index contributed by atoms with van der Waals surface area (Å²) in [5.74, 6) is -1.09. The van der Waals surface area contributed by atoms with Gasteiger partial charge in [0.05, 0.1) is 5.56 Å². The van der Waals surface area contributed by atoms with E-state index in [0.717, 1.165) is 0 Å². The van der Waals surface area contributed by atoms with Gasteiger partial charge in [-0.25, -0.2) is 4.79 Å². The van der Waals surface area contributed by atoms with E-state index in [-0.39, 0.29) is 15.9 Å². The monoisotopic (exact) mass is 180 g/mol. The average Bonchev–Trinajstić information content (AvgIpc) is 2.03. The molecule has 1 aromatic rings. The lowest BCUT2D eigenvalue weighted by Gasteiger charge is -1.93. The number of hydrogen-bond acceptors (Lipinski definition) is 3. The zero-order valence-corrected chi connectivity index (χ0v) is 6.68. The number of nitrogens with one attached hydrogen (secondary N) is 1. The molecule has 0 aromatic carbocycles. The Kier molecular flexibility index (Phi) is 2.21. The number of aromatic nitrogens is 1. The van der Waals surface area contributed by atoms with Gasteiger partial charge in [0.25, 0.3) is 0 Å². The lowest BCUT2D eigenvalue weighted by Crippen LogP contribution is -1.98. The van der Waals surface area contributed by atoms with Crippen molar-refractivity contribution >= 4 is 18.2 Å². The number of aromatic amines is 1. The molecule has 0 saturated heterocycles. The van der Waals surface area contributed by atoms with E-state index >= 15 is 0 Å². The Morgan fingerprint density at radius 3 is 2.83 bits per heavy atom. The number of rotatable bonds is 1. The van der Waals surface area contributed by atoms with Crippen molar-refractivity contribution in [3.05, 3.63) is 28.0 Å². The molecule has 1 heterocycles. The molecule has 0 radical (unpaired) electrons. The lowest BCUT2D eigenvalue weighted by atomic mass is 10.2. The molecule has 2 N–H and O–H groups in total. The number of aromatic carboxylic acids is 1. The summed E-state index contributed by atoms with van der Waals surface area (Å²) in [5.41, 5.74) is 0.176. The predicted molar refractivity (Wildman–Crippen MR) is 43.3 cm³/mol. The third-order valence-corrected chi connectivity index (χ3v) is 1.43.